The summed E-state index contributed by atoms with van der Waals surface area (Å²) in [6.45, 7) is 4.11. The topological polar surface area (TPSA) is 41.0 Å². The van der Waals surface area contributed by atoms with Crippen LogP contribution in [0.1, 0.15) is 25.5 Å². The highest BCUT2D eigenvalue weighted by Gasteiger charge is 2.38. The molecule has 0 radical (unpaired) electrons. The zero-order valence-corrected chi connectivity index (χ0v) is 11.2. The van der Waals surface area contributed by atoms with Crippen molar-refractivity contribution in [2.45, 2.75) is 38.0 Å². The van der Waals surface area contributed by atoms with Gasteiger partial charge in [0, 0.05) is 25.2 Å². The lowest BCUT2D eigenvalue weighted by Gasteiger charge is -2.17. The predicted molar refractivity (Wildman–Crippen MR) is 68.2 cm³/mol. The van der Waals surface area contributed by atoms with Crippen molar-refractivity contribution in [2.24, 2.45) is 5.92 Å². The summed E-state index contributed by atoms with van der Waals surface area (Å²) in [5.41, 5.74) is -0.956. The molecule has 1 aromatic rings. The van der Waals surface area contributed by atoms with Gasteiger partial charge in [0.25, 0.3) is 0 Å². The van der Waals surface area contributed by atoms with E-state index in [1.807, 2.05) is 0 Å². The van der Waals surface area contributed by atoms with Gasteiger partial charge in [-0.1, -0.05) is 6.92 Å². The van der Waals surface area contributed by atoms with Crippen LogP contribution in [0.15, 0.2) is 12.1 Å². The second kappa shape index (κ2) is 4.87. The van der Waals surface area contributed by atoms with Gasteiger partial charge in [0.15, 0.2) is 5.69 Å². The molecule has 2 unspecified atom stereocenters. The molecule has 1 N–H and O–H groups in total. The monoisotopic (exact) mass is 286 g/mol. The summed E-state index contributed by atoms with van der Waals surface area (Å²) in [7, 11) is 0. The van der Waals surface area contributed by atoms with Crippen molar-refractivity contribution in [3.63, 3.8) is 0 Å². The van der Waals surface area contributed by atoms with Crippen LogP contribution in [0.3, 0.4) is 0 Å². The molecule has 4 nitrogen and oxygen atoms in total. The van der Waals surface area contributed by atoms with Crippen LogP contribution in [0.2, 0.25) is 0 Å². The average molecular weight is 286 g/mol. The number of rotatable bonds is 3. The van der Waals surface area contributed by atoms with Crippen molar-refractivity contribution in [1.82, 2.24) is 15.1 Å². The molecular formula is C13H17F3N4. The van der Waals surface area contributed by atoms with Crippen molar-refractivity contribution >= 4 is 5.82 Å². The molecule has 1 saturated heterocycles. The second-order valence-corrected chi connectivity index (χ2v) is 5.71. The molecule has 2 atom stereocenters. The standard InChI is InChI=1S/C13H17F3N4/c1-8-6-20(9-2-3-9)7-10(8)17-12-5-4-11(18-19-12)13(14,15)16/h4-5,8-10H,2-3,6-7H2,1H3,(H,17,19). The first-order valence-electron chi connectivity index (χ1n) is 6.85. The molecule has 0 bridgehead atoms. The lowest BCUT2D eigenvalue weighted by atomic mass is 10.1. The Kier molecular flexibility index (Phi) is 3.32. The molecule has 0 aromatic carbocycles. The lowest BCUT2D eigenvalue weighted by molar-refractivity contribution is -0.141. The number of hydrogen-bond acceptors (Lipinski definition) is 4. The van der Waals surface area contributed by atoms with Gasteiger partial charge in [0.2, 0.25) is 0 Å². The Balaban J connectivity index is 1.63. The van der Waals surface area contributed by atoms with Crippen LogP contribution in [0.5, 0.6) is 0 Å². The fourth-order valence-electron chi connectivity index (χ4n) is 2.68. The Morgan fingerprint density at radius 3 is 2.50 bits per heavy atom. The van der Waals surface area contributed by atoms with Crippen LogP contribution in [-0.2, 0) is 6.18 Å². The summed E-state index contributed by atoms with van der Waals surface area (Å²) in [5, 5.41) is 10.1. The number of hydrogen-bond donors (Lipinski definition) is 1. The van der Waals surface area contributed by atoms with E-state index in [1.54, 1.807) is 0 Å². The minimum atomic E-state index is -4.44. The van der Waals surface area contributed by atoms with Gasteiger partial charge < -0.3 is 5.32 Å². The molecule has 0 amide bonds. The third-order valence-corrected chi connectivity index (χ3v) is 3.99. The molecule has 1 aliphatic carbocycles. The van der Waals surface area contributed by atoms with Crippen LogP contribution < -0.4 is 5.32 Å². The fourth-order valence-corrected chi connectivity index (χ4v) is 2.68. The van der Waals surface area contributed by atoms with Crippen LogP contribution in [-0.4, -0.2) is 40.3 Å². The summed E-state index contributed by atoms with van der Waals surface area (Å²) in [6, 6.07) is 3.25. The maximum Gasteiger partial charge on any atom is 0.435 e. The smallest absolute Gasteiger partial charge is 0.364 e. The van der Waals surface area contributed by atoms with Crippen molar-refractivity contribution in [1.29, 1.82) is 0 Å². The summed E-state index contributed by atoms with van der Waals surface area (Å²) >= 11 is 0. The van der Waals surface area contributed by atoms with Crippen LogP contribution >= 0.6 is 0 Å². The summed E-state index contributed by atoms with van der Waals surface area (Å²) in [4.78, 5) is 2.44. The molecule has 3 rings (SSSR count). The molecule has 1 saturated carbocycles. The van der Waals surface area contributed by atoms with Crippen LogP contribution in [0, 0.1) is 5.92 Å². The second-order valence-electron chi connectivity index (χ2n) is 5.71. The molecule has 2 heterocycles. The van der Waals surface area contributed by atoms with E-state index < -0.39 is 11.9 Å². The largest absolute Gasteiger partial charge is 0.435 e. The maximum absolute atomic E-state index is 12.4. The van der Waals surface area contributed by atoms with E-state index in [2.05, 4.69) is 27.3 Å². The highest BCUT2D eigenvalue weighted by atomic mass is 19.4. The van der Waals surface area contributed by atoms with E-state index in [-0.39, 0.29) is 6.04 Å². The minimum Gasteiger partial charge on any atom is -0.364 e. The average Bonchev–Trinajstić information content (AvgIpc) is 3.16. The van der Waals surface area contributed by atoms with E-state index >= 15 is 0 Å². The molecule has 2 fully saturated rings. The first-order valence-corrected chi connectivity index (χ1v) is 6.85. The number of likely N-dealkylation sites (tertiary alicyclic amines) is 1. The Morgan fingerprint density at radius 1 is 1.20 bits per heavy atom. The van der Waals surface area contributed by atoms with E-state index in [4.69, 9.17) is 0 Å². The van der Waals surface area contributed by atoms with Gasteiger partial charge in [0.05, 0.1) is 0 Å². The molecule has 7 heteroatoms. The number of nitrogens with one attached hydrogen (secondary N) is 1. The van der Waals surface area contributed by atoms with Gasteiger partial charge in [-0.15, -0.1) is 10.2 Å². The molecule has 110 valence electrons. The van der Waals surface area contributed by atoms with Gasteiger partial charge in [0.1, 0.15) is 5.82 Å². The number of halogens is 3. The van der Waals surface area contributed by atoms with Crippen molar-refractivity contribution < 1.29 is 13.2 Å². The quantitative estimate of drug-likeness (QED) is 0.926. The zero-order chi connectivity index (χ0) is 14.3. The summed E-state index contributed by atoms with van der Waals surface area (Å²) < 4.78 is 37.2. The number of anilines is 1. The third kappa shape index (κ3) is 2.87. The van der Waals surface area contributed by atoms with Gasteiger partial charge in [-0.2, -0.15) is 13.2 Å². The van der Waals surface area contributed by atoms with Crippen molar-refractivity contribution in [2.75, 3.05) is 18.4 Å². The molecule has 0 spiro atoms. The predicted octanol–water partition coefficient (Wildman–Crippen LogP) is 2.39. The molecule has 20 heavy (non-hydrogen) atoms. The van der Waals surface area contributed by atoms with Crippen molar-refractivity contribution in [3.8, 4) is 0 Å². The fraction of sp³-hybridized carbons (Fsp3) is 0.692. The minimum absolute atomic E-state index is 0.224. The van der Waals surface area contributed by atoms with Gasteiger partial charge in [-0.3, -0.25) is 4.90 Å². The zero-order valence-electron chi connectivity index (χ0n) is 11.2. The van der Waals surface area contributed by atoms with Crippen LogP contribution in [0.4, 0.5) is 19.0 Å². The Labute approximate surface area is 115 Å². The normalized spacial score (nSPS) is 27.8. The first kappa shape index (κ1) is 13.6. The highest BCUT2D eigenvalue weighted by molar-refractivity contribution is 5.35. The SMILES string of the molecule is CC1CN(C2CC2)CC1Nc1ccc(C(F)(F)F)nn1. The summed E-state index contributed by atoms with van der Waals surface area (Å²) in [6.07, 6.45) is -1.91. The van der Waals surface area contributed by atoms with E-state index in [9.17, 15) is 13.2 Å². The third-order valence-electron chi connectivity index (χ3n) is 3.99. The Bertz CT molecular complexity index is 469. The number of aromatic nitrogens is 2. The number of nitrogens with zero attached hydrogens (tertiary/aromatic N) is 3. The van der Waals surface area contributed by atoms with Gasteiger partial charge in [-0.05, 0) is 30.9 Å². The van der Waals surface area contributed by atoms with E-state index in [1.165, 1.54) is 18.9 Å². The molecule has 1 aliphatic heterocycles. The Hall–Kier alpha value is -1.37. The number of alkyl halides is 3. The highest BCUT2D eigenvalue weighted by Crippen LogP contribution is 2.32. The summed E-state index contributed by atoms with van der Waals surface area (Å²) in [5.74, 6) is 0.868. The maximum atomic E-state index is 12.4. The van der Waals surface area contributed by atoms with Crippen LogP contribution in [0.25, 0.3) is 0 Å². The van der Waals surface area contributed by atoms with E-state index in [0.29, 0.717) is 17.8 Å². The molecule has 2 aliphatic rings. The van der Waals surface area contributed by atoms with Gasteiger partial charge >= 0.3 is 6.18 Å². The van der Waals surface area contributed by atoms with Gasteiger partial charge in [-0.25, -0.2) is 0 Å². The lowest BCUT2D eigenvalue weighted by Crippen LogP contribution is -2.29. The van der Waals surface area contributed by atoms with Crippen molar-refractivity contribution in [3.05, 3.63) is 17.8 Å². The molecule has 1 aromatic heterocycles. The Morgan fingerprint density at radius 2 is 1.95 bits per heavy atom. The molecular weight excluding hydrogens is 269 g/mol. The first-order chi connectivity index (χ1) is 9.43. The van der Waals surface area contributed by atoms with E-state index in [0.717, 1.165) is 19.2 Å².